The number of nitrogens with zero attached hydrogens (tertiary/aromatic N) is 2. The number of H-pyrrole nitrogens is 1. The number of rotatable bonds is 2. The van der Waals surface area contributed by atoms with Gasteiger partial charge in [0.25, 0.3) is 0 Å². The van der Waals surface area contributed by atoms with Gasteiger partial charge in [-0.1, -0.05) is 22.0 Å². The van der Waals surface area contributed by atoms with Crippen molar-refractivity contribution in [3.05, 3.63) is 40.3 Å². The van der Waals surface area contributed by atoms with Crippen molar-refractivity contribution < 1.29 is 0 Å². The number of aromatic nitrogens is 2. The van der Waals surface area contributed by atoms with Gasteiger partial charge in [0, 0.05) is 10.0 Å². The van der Waals surface area contributed by atoms with Gasteiger partial charge in [0.2, 0.25) is 0 Å². The summed E-state index contributed by atoms with van der Waals surface area (Å²) in [4.78, 5) is 7.30. The fraction of sp³-hybridized carbons (Fsp3) is 0.167. The Kier molecular flexibility index (Phi) is 3.07. The second kappa shape index (κ2) is 4.50. The van der Waals surface area contributed by atoms with E-state index in [1.807, 2.05) is 25.1 Å². The molecule has 0 spiro atoms. The van der Waals surface area contributed by atoms with Crippen LogP contribution in [0.15, 0.2) is 28.9 Å². The minimum Gasteiger partial charge on any atom is -0.341 e. The van der Waals surface area contributed by atoms with Crippen LogP contribution in [0.2, 0.25) is 0 Å². The van der Waals surface area contributed by atoms with E-state index in [0.29, 0.717) is 12.2 Å². The number of hydrogen-bond acceptors (Lipinski definition) is 2. The van der Waals surface area contributed by atoms with Crippen molar-refractivity contribution in [1.29, 1.82) is 5.26 Å². The van der Waals surface area contributed by atoms with Crippen molar-refractivity contribution in [3.8, 4) is 17.3 Å². The summed E-state index contributed by atoms with van der Waals surface area (Å²) >= 11 is 3.44. The van der Waals surface area contributed by atoms with Gasteiger partial charge in [-0.25, -0.2) is 4.98 Å². The van der Waals surface area contributed by atoms with E-state index in [0.717, 1.165) is 15.7 Å². The van der Waals surface area contributed by atoms with Crippen molar-refractivity contribution in [3.63, 3.8) is 0 Å². The Morgan fingerprint density at radius 2 is 2.31 bits per heavy atom. The smallest absolute Gasteiger partial charge is 0.120 e. The molecule has 0 radical (unpaired) electrons. The number of nitriles is 1. The van der Waals surface area contributed by atoms with Crippen LogP contribution in [0.1, 0.15) is 11.4 Å². The molecule has 16 heavy (non-hydrogen) atoms. The summed E-state index contributed by atoms with van der Waals surface area (Å²) in [5, 5.41) is 8.58. The maximum atomic E-state index is 8.58. The number of aromatic amines is 1. The largest absolute Gasteiger partial charge is 0.341 e. The summed E-state index contributed by atoms with van der Waals surface area (Å²) in [6.07, 6.45) is 2.08. The van der Waals surface area contributed by atoms with Crippen molar-refractivity contribution in [2.24, 2.45) is 0 Å². The number of aryl methyl sites for hydroxylation is 1. The van der Waals surface area contributed by atoms with E-state index in [9.17, 15) is 0 Å². The third-order valence-corrected chi connectivity index (χ3v) is 2.86. The zero-order valence-electron chi connectivity index (χ0n) is 8.79. The highest BCUT2D eigenvalue weighted by Gasteiger charge is 2.06. The van der Waals surface area contributed by atoms with Gasteiger partial charge in [0.15, 0.2) is 0 Å². The molecule has 0 amide bonds. The van der Waals surface area contributed by atoms with Crippen LogP contribution in [0, 0.1) is 18.3 Å². The summed E-state index contributed by atoms with van der Waals surface area (Å²) in [6.45, 7) is 2.05. The molecule has 80 valence electrons. The second-order valence-corrected chi connectivity index (χ2v) is 4.45. The number of imidazole rings is 1. The Balaban J connectivity index is 2.42. The topological polar surface area (TPSA) is 52.5 Å². The molecule has 1 aromatic heterocycles. The molecule has 1 heterocycles. The zero-order chi connectivity index (χ0) is 11.5. The van der Waals surface area contributed by atoms with E-state index in [2.05, 4.69) is 32.0 Å². The molecule has 2 rings (SSSR count). The van der Waals surface area contributed by atoms with Crippen molar-refractivity contribution >= 4 is 15.9 Å². The summed E-state index contributed by atoms with van der Waals surface area (Å²) in [5.74, 6) is 0.705. The first-order chi connectivity index (χ1) is 7.70. The lowest BCUT2D eigenvalue weighted by molar-refractivity contribution is 1.06. The maximum absolute atomic E-state index is 8.58. The van der Waals surface area contributed by atoms with Crippen molar-refractivity contribution in [2.45, 2.75) is 13.3 Å². The Bertz CT molecular complexity index is 552. The molecule has 0 fully saturated rings. The Labute approximate surface area is 102 Å². The fourth-order valence-corrected chi connectivity index (χ4v) is 1.91. The summed E-state index contributed by atoms with van der Waals surface area (Å²) in [7, 11) is 0. The van der Waals surface area contributed by atoms with Crippen LogP contribution >= 0.6 is 15.9 Å². The first-order valence-corrected chi connectivity index (χ1v) is 5.67. The Morgan fingerprint density at radius 3 is 3.06 bits per heavy atom. The number of nitrogens with one attached hydrogen (secondary N) is 1. The monoisotopic (exact) mass is 275 g/mol. The predicted molar refractivity (Wildman–Crippen MR) is 65.8 cm³/mol. The van der Waals surface area contributed by atoms with E-state index in [1.54, 1.807) is 6.20 Å². The standard InChI is InChI=1S/C12H10BrN3/c1-8-2-3-9(13)6-10(8)11-7-15-12(16-11)4-5-14/h2-3,6-7H,4H2,1H3,(H,15,16). The van der Waals surface area contributed by atoms with Gasteiger partial charge in [0.05, 0.1) is 24.4 Å². The van der Waals surface area contributed by atoms with Gasteiger partial charge >= 0.3 is 0 Å². The average Bonchev–Trinajstić information content (AvgIpc) is 2.71. The van der Waals surface area contributed by atoms with Crippen LogP contribution in [0.5, 0.6) is 0 Å². The SMILES string of the molecule is Cc1ccc(Br)cc1-c1cnc(CC#N)[nH]1. The van der Waals surface area contributed by atoms with E-state index in [1.165, 1.54) is 5.56 Å². The van der Waals surface area contributed by atoms with Crippen LogP contribution in [-0.4, -0.2) is 9.97 Å². The molecule has 3 nitrogen and oxygen atoms in total. The molecule has 0 aliphatic carbocycles. The molecule has 1 N–H and O–H groups in total. The molecule has 0 bridgehead atoms. The molecule has 2 aromatic rings. The van der Waals surface area contributed by atoms with Gasteiger partial charge < -0.3 is 4.98 Å². The first-order valence-electron chi connectivity index (χ1n) is 4.88. The Morgan fingerprint density at radius 1 is 1.50 bits per heavy atom. The lowest BCUT2D eigenvalue weighted by Crippen LogP contribution is -1.86. The third kappa shape index (κ3) is 2.15. The lowest BCUT2D eigenvalue weighted by atomic mass is 10.1. The molecular formula is C12H10BrN3. The highest BCUT2D eigenvalue weighted by molar-refractivity contribution is 9.10. The lowest BCUT2D eigenvalue weighted by Gasteiger charge is -2.03. The molecule has 0 saturated carbocycles. The predicted octanol–water partition coefficient (Wildman–Crippen LogP) is 3.21. The Hall–Kier alpha value is -1.60. The van der Waals surface area contributed by atoms with Crippen LogP contribution in [0.25, 0.3) is 11.3 Å². The molecular weight excluding hydrogens is 266 g/mol. The van der Waals surface area contributed by atoms with Crippen LogP contribution in [0.3, 0.4) is 0 Å². The zero-order valence-corrected chi connectivity index (χ0v) is 10.4. The minimum atomic E-state index is 0.313. The molecule has 1 aromatic carbocycles. The summed E-state index contributed by atoms with van der Waals surface area (Å²) in [6, 6.07) is 8.16. The van der Waals surface area contributed by atoms with E-state index in [-0.39, 0.29) is 0 Å². The van der Waals surface area contributed by atoms with Gasteiger partial charge in [-0.2, -0.15) is 5.26 Å². The van der Waals surface area contributed by atoms with E-state index >= 15 is 0 Å². The van der Waals surface area contributed by atoms with E-state index in [4.69, 9.17) is 5.26 Å². The van der Waals surface area contributed by atoms with Crippen LogP contribution in [-0.2, 0) is 6.42 Å². The summed E-state index contributed by atoms with van der Waals surface area (Å²) < 4.78 is 1.03. The number of hydrogen-bond donors (Lipinski definition) is 1. The molecule has 0 aliphatic rings. The van der Waals surface area contributed by atoms with Crippen molar-refractivity contribution in [1.82, 2.24) is 9.97 Å². The highest BCUT2D eigenvalue weighted by atomic mass is 79.9. The van der Waals surface area contributed by atoms with E-state index < -0.39 is 0 Å². The van der Waals surface area contributed by atoms with Gasteiger partial charge in [-0.3, -0.25) is 0 Å². The van der Waals surface area contributed by atoms with Crippen molar-refractivity contribution in [2.75, 3.05) is 0 Å². The third-order valence-electron chi connectivity index (χ3n) is 2.36. The van der Waals surface area contributed by atoms with Crippen LogP contribution in [0.4, 0.5) is 0 Å². The van der Waals surface area contributed by atoms with Crippen LogP contribution < -0.4 is 0 Å². The minimum absolute atomic E-state index is 0.313. The molecule has 4 heteroatoms. The molecule has 0 unspecified atom stereocenters. The second-order valence-electron chi connectivity index (χ2n) is 3.54. The quantitative estimate of drug-likeness (QED) is 0.915. The normalized spacial score (nSPS) is 10.1. The first kappa shape index (κ1) is 10.9. The molecule has 0 atom stereocenters. The number of benzene rings is 1. The van der Waals surface area contributed by atoms with Gasteiger partial charge in [-0.15, -0.1) is 0 Å². The average molecular weight is 276 g/mol. The maximum Gasteiger partial charge on any atom is 0.120 e. The molecule has 0 aliphatic heterocycles. The van der Waals surface area contributed by atoms with Gasteiger partial charge in [0.1, 0.15) is 5.82 Å². The number of halogens is 1. The van der Waals surface area contributed by atoms with Gasteiger partial charge in [-0.05, 0) is 24.6 Å². The summed E-state index contributed by atoms with van der Waals surface area (Å²) in [5.41, 5.74) is 3.23. The molecule has 0 saturated heterocycles. The fourth-order valence-electron chi connectivity index (χ4n) is 1.55. The highest BCUT2D eigenvalue weighted by Crippen LogP contribution is 2.25.